The molecular formula is C46H32Cl2N2Zr. The molecule has 0 N–H and O–H groups in total. The summed E-state index contributed by atoms with van der Waals surface area (Å²) in [7, 11) is 0. The van der Waals surface area contributed by atoms with Crippen molar-refractivity contribution in [2.24, 2.45) is 0 Å². The van der Waals surface area contributed by atoms with Gasteiger partial charge in [-0.15, -0.1) is 0 Å². The van der Waals surface area contributed by atoms with Gasteiger partial charge >= 0.3 is 300 Å². The molecule has 2 nitrogen and oxygen atoms in total. The number of para-hydroxylation sites is 2. The summed E-state index contributed by atoms with van der Waals surface area (Å²) >= 11 is -1.25. The Morgan fingerprint density at radius 3 is 1.25 bits per heavy atom. The summed E-state index contributed by atoms with van der Waals surface area (Å²) in [6, 6.07) is 58.1. The van der Waals surface area contributed by atoms with Crippen LogP contribution < -0.4 is 24.8 Å². The maximum Gasteiger partial charge on any atom is -1.00 e. The molecule has 0 radical (unpaired) electrons. The molecule has 2 aliphatic rings. The van der Waals surface area contributed by atoms with Crippen LogP contribution in [-0.2, 0) is 23.2 Å². The average Bonchev–Trinajstić information content (AvgIpc) is 3.96. The average molecular weight is 775 g/mol. The zero-order chi connectivity index (χ0) is 32.3. The summed E-state index contributed by atoms with van der Waals surface area (Å²) in [4.78, 5) is 0. The fourth-order valence-corrected chi connectivity index (χ4v) is 13.1. The number of rotatable bonds is 6. The van der Waals surface area contributed by atoms with Gasteiger partial charge in [-0.25, -0.2) is 0 Å². The molecule has 2 heterocycles. The van der Waals surface area contributed by atoms with Crippen LogP contribution in [0.4, 0.5) is 0 Å². The van der Waals surface area contributed by atoms with Gasteiger partial charge in [0.15, 0.2) is 0 Å². The van der Waals surface area contributed by atoms with Gasteiger partial charge in [-0.2, -0.15) is 0 Å². The number of halogens is 2. The quantitative estimate of drug-likeness (QED) is 0.210. The Morgan fingerprint density at radius 2 is 0.804 bits per heavy atom. The van der Waals surface area contributed by atoms with E-state index in [0.717, 1.165) is 0 Å². The van der Waals surface area contributed by atoms with Gasteiger partial charge in [0.05, 0.1) is 0 Å². The first-order valence-electron chi connectivity index (χ1n) is 17.0. The largest absolute Gasteiger partial charge is 1.00 e. The van der Waals surface area contributed by atoms with Gasteiger partial charge in [0.25, 0.3) is 0 Å². The molecule has 0 bridgehead atoms. The second kappa shape index (κ2) is 13.8. The SMILES string of the molecule is C1=C(c2ccccc2)[CH]([Zr+2][CH]2C(c3ccccc3)=Cc3c2cccc3-n2ccc3ccccc32)c2cccc(-n3ccc4ccccc43)c21.[Cl-].[Cl-]. The number of aromatic nitrogens is 2. The Morgan fingerprint density at radius 1 is 0.392 bits per heavy atom. The molecule has 2 atom stereocenters. The van der Waals surface area contributed by atoms with Gasteiger partial charge in [0, 0.05) is 0 Å². The number of nitrogens with zero attached hydrogens (tertiary/aromatic N) is 2. The predicted molar refractivity (Wildman–Crippen MR) is 201 cm³/mol. The second-order valence-corrected chi connectivity index (χ2v) is 16.7. The van der Waals surface area contributed by atoms with E-state index in [1.807, 2.05) is 0 Å². The van der Waals surface area contributed by atoms with Crippen molar-refractivity contribution in [3.05, 3.63) is 203 Å². The van der Waals surface area contributed by atoms with E-state index >= 15 is 0 Å². The number of allylic oxidation sites excluding steroid dienone is 2. The first kappa shape index (κ1) is 33.5. The van der Waals surface area contributed by atoms with E-state index in [2.05, 4.69) is 191 Å². The van der Waals surface area contributed by atoms with Crippen LogP contribution in [0.15, 0.2) is 170 Å². The first-order chi connectivity index (χ1) is 24.3. The fourth-order valence-electron chi connectivity index (χ4n) is 8.06. The molecule has 244 valence electrons. The number of hydrogen-bond acceptors (Lipinski definition) is 0. The molecule has 2 aliphatic carbocycles. The normalized spacial score (nSPS) is 15.7. The Labute approximate surface area is 322 Å². The Kier molecular flexibility index (Phi) is 9.07. The standard InChI is InChI=1S/2C23H16N.2ClH.Zr/c2*1-2-7-17(8-3-1)20-15-19-10-6-12-23(21(19)16-20)24-14-13-18-9-4-5-11-22(18)24;;;/h2*1-16H;2*1H;/q;;;;+2/p-2. The molecule has 0 saturated carbocycles. The van der Waals surface area contributed by atoms with Crippen LogP contribution in [0.1, 0.15) is 40.6 Å². The zero-order valence-electron chi connectivity index (χ0n) is 27.6. The van der Waals surface area contributed by atoms with E-state index in [-0.39, 0.29) is 24.8 Å². The van der Waals surface area contributed by atoms with E-state index in [0.29, 0.717) is 7.25 Å². The molecule has 5 heteroatoms. The molecule has 8 aromatic rings. The maximum absolute atomic E-state index is 2.52. The molecule has 6 aromatic carbocycles. The molecule has 10 rings (SSSR count). The fraction of sp³-hybridized carbons (Fsp3) is 0.0435. The molecule has 0 spiro atoms. The van der Waals surface area contributed by atoms with Gasteiger partial charge in [0.2, 0.25) is 0 Å². The summed E-state index contributed by atoms with van der Waals surface area (Å²) in [6.45, 7) is 0. The van der Waals surface area contributed by atoms with Crippen molar-refractivity contribution < 1.29 is 48.0 Å². The molecule has 0 fully saturated rings. The smallest absolute Gasteiger partial charge is 1.00 e. The third-order valence-corrected chi connectivity index (χ3v) is 15.0. The van der Waals surface area contributed by atoms with Crippen molar-refractivity contribution >= 4 is 45.1 Å². The number of fused-ring (bicyclic) bond motifs is 4. The van der Waals surface area contributed by atoms with Crippen LogP contribution in [0, 0.1) is 0 Å². The summed E-state index contributed by atoms with van der Waals surface area (Å²) in [5.74, 6) is 0. The third-order valence-electron chi connectivity index (χ3n) is 10.3. The summed E-state index contributed by atoms with van der Waals surface area (Å²) < 4.78 is 5.58. The monoisotopic (exact) mass is 772 g/mol. The van der Waals surface area contributed by atoms with E-state index in [9.17, 15) is 0 Å². The summed E-state index contributed by atoms with van der Waals surface area (Å²) in [6.07, 6.45) is 9.51. The van der Waals surface area contributed by atoms with Crippen molar-refractivity contribution in [1.82, 2.24) is 9.13 Å². The Bertz CT molecular complexity index is 2420. The molecule has 51 heavy (non-hydrogen) atoms. The van der Waals surface area contributed by atoms with E-state index in [1.165, 1.54) is 77.7 Å². The number of benzene rings is 6. The molecule has 0 aliphatic heterocycles. The summed E-state index contributed by atoms with van der Waals surface area (Å²) in [5.41, 5.74) is 16.3. The van der Waals surface area contributed by atoms with Crippen molar-refractivity contribution in [2.75, 3.05) is 0 Å². The molecular weight excluding hydrogens is 743 g/mol. The van der Waals surface area contributed by atoms with Gasteiger partial charge in [-0.05, 0) is 0 Å². The first-order valence-corrected chi connectivity index (χ1v) is 19.8. The van der Waals surface area contributed by atoms with Crippen molar-refractivity contribution in [2.45, 2.75) is 7.25 Å². The van der Waals surface area contributed by atoms with Gasteiger partial charge in [-0.1, -0.05) is 0 Å². The minimum atomic E-state index is -1.25. The Balaban J connectivity index is 0.00000187. The van der Waals surface area contributed by atoms with Gasteiger partial charge < -0.3 is 24.8 Å². The van der Waals surface area contributed by atoms with Gasteiger partial charge in [0.1, 0.15) is 0 Å². The van der Waals surface area contributed by atoms with Crippen LogP contribution in [0.5, 0.6) is 0 Å². The van der Waals surface area contributed by atoms with Crippen LogP contribution in [-0.4, -0.2) is 9.13 Å². The predicted octanol–water partition coefficient (Wildman–Crippen LogP) is 5.56. The maximum atomic E-state index is 2.52. The number of hydrogen-bond donors (Lipinski definition) is 0. The topological polar surface area (TPSA) is 9.86 Å². The van der Waals surface area contributed by atoms with E-state index in [1.54, 1.807) is 0 Å². The zero-order valence-corrected chi connectivity index (χ0v) is 31.6. The van der Waals surface area contributed by atoms with Crippen molar-refractivity contribution in [1.29, 1.82) is 0 Å². The van der Waals surface area contributed by atoms with E-state index in [4.69, 9.17) is 0 Å². The molecule has 2 unspecified atom stereocenters. The van der Waals surface area contributed by atoms with Crippen LogP contribution in [0.25, 0.3) is 56.5 Å². The Hall–Kier alpha value is -4.66. The van der Waals surface area contributed by atoms with E-state index < -0.39 is 23.2 Å². The molecule has 0 amide bonds. The minimum Gasteiger partial charge on any atom is -1.00 e. The summed E-state index contributed by atoms with van der Waals surface area (Å²) in [5, 5.41) is 2.54. The van der Waals surface area contributed by atoms with Gasteiger partial charge in [-0.3, -0.25) is 0 Å². The minimum absolute atomic E-state index is 0. The van der Waals surface area contributed by atoms with Crippen LogP contribution >= 0.6 is 0 Å². The van der Waals surface area contributed by atoms with Crippen LogP contribution in [0.3, 0.4) is 0 Å². The molecule has 2 aromatic heterocycles. The third kappa shape index (κ3) is 5.60. The van der Waals surface area contributed by atoms with Crippen LogP contribution in [0.2, 0.25) is 0 Å². The van der Waals surface area contributed by atoms with Crippen molar-refractivity contribution in [3.63, 3.8) is 0 Å². The second-order valence-electron chi connectivity index (χ2n) is 13.0. The van der Waals surface area contributed by atoms with Crippen molar-refractivity contribution in [3.8, 4) is 11.4 Å². The molecule has 0 saturated heterocycles.